The zero-order valence-electron chi connectivity index (χ0n) is 11.3. The Kier molecular flexibility index (Phi) is 3.57. The normalized spacial score (nSPS) is 10.8. The van der Waals surface area contributed by atoms with E-state index in [1.165, 1.54) is 11.3 Å². The van der Waals surface area contributed by atoms with E-state index in [1.807, 2.05) is 37.3 Å². The molecule has 3 nitrogen and oxygen atoms in total. The molecule has 106 valence electrons. The minimum atomic E-state index is -0.195. The van der Waals surface area contributed by atoms with E-state index in [1.54, 1.807) is 12.1 Å². The van der Waals surface area contributed by atoms with Gasteiger partial charge in [0, 0.05) is 20.8 Å². The molecule has 0 saturated carbocycles. The van der Waals surface area contributed by atoms with Gasteiger partial charge in [-0.1, -0.05) is 29.8 Å². The molecule has 3 aromatic rings. The molecule has 21 heavy (non-hydrogen) atoms. The van der Waals surface area contributed by atoms with Crippen molar-refractivity contribution in [2.45, 2.75) is 6.92 Å². The van der Waals surface area contributed by atoms with Gasteiger partial charge in [0.1, 0.15) is 4.88 Å². The van der Waals surface area contributed by atoms with E-state index in [4.69, 9.17) is 17.3 Å². The van der Waals surface area contributed by atoms with Crippen LogP contribution in [0.3, 0.4) is 0 Å². The fourth-order valence-electron chi connectivity index (χ4n) is 2.15. The van der Waals surface area contributed by atoms with E-state index in [0.717, 1.165) is 21.3 Å². The van der Waals surface area contributed by atoms with Crippen molar-refractivity contribution in [2.75, 3.05) is 11.1 Å². The second-order valence-corrected chi connectivity index (χ2v) is 6.24. The molecule has 0 fully saturated rings. The summed E-state index contributed by atoms with van der Waals surface area (Å²) in [5, 5.41) is 4.33. The van der Waals surface area contributed by atoms with Gasteiger partial charge in [0.15, 0.2) is 0 Å². The molecule has 0 unspecified atom stereocenters. The van der Waals surface area contributed by atoms with Crippen LogP contribution >= 0.6 is 22.9 Å². The minimum Gasteiger partial charge on any atom is -0.397 e. The third kappa shape index (κ3) is 2.60. The van der Waals surface area contributed by atoms with Gasteiger partial charge in [0.25, 0.3) is 5.91 Å². The van der Waals surface area contributed by atoms with Gasteiger partial charge in [-0.25, -0.2) is 0 Å². The number of hydrogen-bond donors (Lipinski definition) is 2. The molecular weight excluding hydrogens is 304 g/mol. The van der Waals surface area contributed by atoms with Gasteiger partial charge in [-0.15, -0.1) is 11.3 Å². The number of halogens is 1. The van der Waals surface area contributed by atoms with Crippen molar-refractivity contribution in [3.8, 4) is 0 Å². The van der Waals surface area contributed by atoms with Crippen molar-refractivity contribution in [1.82, 2.24) is 0 Å². The first kappa shape index (κ1) is 13.9. The standard InChI is InChI=1S/C16H13ClN2OS/c1-9-4-2-3-5-12(9)19-16(20)15-14(18)11-8-10(17)6-7-13(11)21-15/h2-8H,18H2,1H3,(H,19,20). The third-order valence-electron chi connectivity index (χ3n) is 3.29. The van der Waals surface area contributed by atoms with Crippen molar-refractivity contribution in [2.24, 2.45) is 0 Å². The van der Waals surface area contributed by atoms with Gasteiger partial charge >= 0.3 is 0 Å². The molecule has 0 atom stereocenters. The molecule has 0 aliphatic heterocycles. The fraction of sp³-hybridized carbons (Fsp3) is 0.0625. The van der Waals surface area contributed by atoms with Gasteiger partial charge in [-0.05, 0) is 36.8 Å². The van der Waals surface area contributed by atoms with E-state index in [0.29, 0.717) is 15.6 Å². The quantitative estimate of drug-likeness (QED) is 0.720. The molecule has 0 aliphatic carbocycles. The van der Waals surface area contributed by atoms with E-state index in [2.05, 4.69) is 5.32 Å². The van der Waals surface area contributed by atoms with Crippen LogP contribution in [0.5, 0.6) is 0 Å². The monoisotopic (exact) mass is 316 g/mol. The number of carbonyl (C=O) groups is 1. The summed E-state index contributed by atoms with van der Waals surface area (Å²) in [5.41, 5.74) is 8.36. The average Bonchev–Trinajstić information content (AvgIpc) is 2.79. The zero-order valence-corrected chi connectivity index (χ0v) is 12.9. The van der Waals surface area contributed by atoms with Gasteiger partial charge in [-0.2, -0.15) is 0 Å². The molecule has 0 bridgehead atoms. The predicted molar refractivity (Wildman–Crippen MR) is 90.4 cm³/mol. The summed E-state index contributed by atoms with van der Waals surface area (Å²) < 4.78 is 0.951. The molecule has 2 aromatic carbocycles. The van der Waals surface area contributed by atoms with Crippen LogP contribution in [0, 0.1) is 6.92 Å². The van der Waals surface area contributed by atoms with Crippen molar-refractivity contribution >= 4 is 50.3 Å². The van der Waals surface area contributed by atoms with Crippen molar-refractivity contribution in [1.29, 1.82) is 0 Å². The highest BCUT2D eigenvalue weighted by Gasteiger charge is 2.17. The molecular formula is C16H13ClN2OS. The van der Waals surface area contributed by atoms with E-state index >= 15 is 0 Å². The first-order chi connectivity index (χ1) is 10.1. The smallest absolute Gasteiger partial charge is 0.267 e. The third-order valence-corrected chi connectivity index (χ3v) is 4.71. The van der Waals surface area contributed by atoms with E-state index < -0.39 is 0 Å². The van der Waals surface area contributed by atoms with Crippen LogP contribution in [0.1, 0.15) is 15.2 Å². The van der Waals surface area contributed by atoms with Gasteiger partial charge in [-0.3, -0.25) is 4.79 Å². The number of hydrogen-bond acceptors (Lipinski definition) is 3. The number of fused-ring (bicyclic) bond motifs is 1. The number of benzene rings is 2. The maximum Gasteiger partial charge on any atom is 0.267 e. The summed E-state index contributed by atoms with van der Waals surface area (Å²) in [7, 11) is 0. The summed E-state index contributed by atoms with van der Waals surface area (Å²) in [6.45, 7) is 1.95. The number of anilines is 2. The van der Waals surface area contributed by atoms with Crippen molar-refractivity contribution < 1.29 is 4.79 Å². The lowest BCUT2D eigenvalue weighted by Crippen LogP contribution is -2.12. The highest BCUT2D eigenvalue weighted by Crippen LogP contribution is 2.35. The maximum atomic E-state index is 12.4. The van der Waals surface area contributed by atoms with Gasteiger partial charge < -0.3 is 11.1 Å². The Hall–Kier alpha value is -2.04. The molecule has 0 aliphatic rings. The number of rotatable bonds is 2. The van der Waals surface area contributed by atoms with Crippen LogP contribution in [0.15, 0.2) is 42.5 Å². The van der Waals surface area contributed by atoms with Crippen LogP contribution < -0.4 is 11.1 Å². The number of carbonyl (C=O) groups excluding carboxylic acids is 1. The van der Waals surface area contributed by atoms with Crippen LogP contribution in [0.4, 0.5) is 11.4 Å². The van der Waals surface area contributed by atoms with Crippen LogP contribution in [0.2, 0.25) is 5.02 Å². The number of thiophene rings is 1. The summed E-state index contributed by atoms with van der Waals surface area (Å²) in [4.78, 5) is 12.9. The second kappa shape index (κ2) is 5.39. The molecule has 0 saturated heterocycles. The lowest BCUT2D eigenvalue weighted by Gasteiger charge is -2.07. The molecule has 0 radical (unpaired) electrons. The highest BCUT2D eigenvalue weighted by atomic mass is 35.5. The van der Waals surface area contributed by atoms with Crippen LogP contribution in [-0.2, 0) is 0 Å². The zero-order chi connectivity index (χ0) is 15.0. The molecule has 1 amide bonds. The molecule has 5 heteroatoms. The lowest BCUT2D eigenvalue weighted by molar-refractivity contribution is 0.103. The Labute approximate surface area is 131 Å². The first-order valence-corrected chi connectivity index (χ1v) is 7.60. The molecule has 0 spiro atoms. The summed E-state index contributed by atoms with van der Waals surface area (Å²) in [6, 6.07) is 13.1. The fourth-order valence-corrected chi connectivity index (χ4v) is 3.32. The lowest BCUT2D eigenvalue weighted by atomic mass is 10.2. The molecule has 1 heterocycles. The van der Waals surface area contributed by atoms with Crippen molar-refractivity contribution in [3.05, 3.63) is 57.9 Å². The average molecular weight is 317 g/mol. The number of nitrogens with one attached hydrogen (secondary N) is 1. The number of para-hydroxylation sites is 1. The number of amides is 1. The largest absolute Gasteiger partial charge is 0.397 e. The Morgan fingerprint density at radius 2 is 2.00 bits per heavy atom. The topological polar surface area (TPSA) is 55.1 Å². The van der Waals surface area contributed by atoms with Gasteiger partial charge in [0.05, 0.1) is 5.69 Å². The maximum absolute atomic E-state index is 12.4. The van der Waals surface area contributed by atoms with Crippen LogP contribution in [-0.4, -0.2) is 5.91 Å². The Balaban J connectivity index is 1.99. The molecule has 3 rings (SSSR count). The molecule has 3 N–H and O–H groups in total. The Morgan fingerprint density at radius 3 is 2.76 bits per heavy atom. The number of aryl methyl sites for hydroxylation is 1. The minimum absolute atomic E-state index is 0.195. The summed E-state index contributed by atoms with van der Waals surface area (Å²) >= 11 is 7.35. The summed E-state index contributed by atoms with van der Waals surface area (Å²) in [6.07, 6.45) is 0. The second-order valence-electron chi connectivity index (χ2n) is 4.75. The predicted octanol–water partition coefficient (Wildman–Crippen LogP) is 4.70. The Bertz CT molecular complexity index is 841. The van der Waals surface area contributed by atoms with Crippen LogP contribution in [0.25, 0.3) is 10.1 Å². The van der Waals surface area contributed by atoms with E-state index in [9.17, 15) is 4.79 Å². The van der Waals surface area contributed by atoms with Gasteiger partial charge in [0.2, 0.25) is 0 Å². The highest BCUT2D eigenvalue weighted by molar-refractivity contribution is 7.21. The van der Waals surface area contributed by atoms with E-state index in [-0.39, 0.29) is 5.91 Å². The summed E-state index contributed by atoms with van der Waals surface area (Å²) in [5.74, 6) is -0.195. The number of nitrogen functional groups attached to an aromatic ring is 1. The molecule has 1 aromatic heterocycles. The SMILES string of the molecule is Cc1ccccc1NC(=O)c1sc2ccc(Cl)cc2c1N. The first-order valence-electron chi connectivity index (χ1n) is 6.41. The Morgan fingerprint density at radius 1 is 1.24 bits per heavy atom. The number of nitrogens with two attached hydrogens (primary N) is 1. The van der Waals surface area contributed by atoms with Crippen molar-refractivity contribution in [3.63, 3.8) is 0 Å².